The zero-order valence-electron chi connectivity index (χ0n) is 12.7. The Morgan fingerprint density at radius 3 is 2.72 bits per heavy atom. The number of carbonyl (C=O) groups is 1. The van der Waals surface area contributed by atoms with Crippen LogP contribution in [0.1, 0.15) is 16.2 Å². The molecule has 0 bridgehead atoms. The third kappa shape index (κ3) is 3.79. The smallest absolute Gasteiger partial charge is 0.274 e. The highest BCUT2D eigenvalue weighted by atomic mass is 19.2. The monoisotopic (exact) mass is 347 g/mol. The summed E-state index contributed by atoms with van der Waals surface area (Å²) in [6, 6.07) is 8.27. The Morgan fingerprint density at radius 2 is 1.96 bits per heavy atom. The Bertz CT molecular complexity index is 898. The van der Waals surface area contributed by atoms with Crippen LogP contribution in [0.3, 0.4) is 0 Å². The maximum absolute atomic E-state index is 13.6. The molecular formula is C17H12F3N3O2. The number of hydrogen-bond donors (Lipinski definition) is 2. The van der Waals surface area contributed by atoms with Crippen LogP contribution in [0.15, 0.2) is 53.3 Å². The van der Waals surface area contributed by atoms with Crippen molar-refractivity contribution in [1.29, 1.82) is 0 Å². The number of pyridine rings is 1. The number of hydrogen-bond acceptors (Lipinski definition) is 4. The Hall–Kier alpha value is -3.29. The molecule has 2 aromatic heterocycles. The predicted molar refractivity (Wildman–Crippen MR) is 84.5 cm³/mol. The highest BCUT2D eigenvalue weighted by Gasteiger charge is 2.16. The minimum Gasteiger partial charge on any atom is -0.467 e. The molecule has 0 saturated carbocycles. The second-order valence-electron chi connectivity index (χ2n) is 5.04. The molecule has 0 saturated heterocycles. The molecule has 0 aliphatic carbocycles. The van der Waals surface area contributed by atoms with E-state index in [0.29, 0.717) is 18.0 Å². The fraction of sp³-hybridized carbons (Fsp3) is 0.0588. The highest BCUT2D eigenvalue weighted by molar-refractivity contribution is 6.03. The molecule has 3 rings (SSSR count). The summed E-state index contributed by atoms with van der Waals surface area (Å²) in [5.41, 5.74) is 0.0931. The number of furan rings is 1. The fourth-order valence-corrected chi connectivity index (χ4v) is 2.08. The number of anilines is 2. The molecule has 0 aliphatic rings. The van der Waals surface area contributed by atoms with E-state index in [9.17, 15) is 18.0 Å². The second kappa shape index (κ2) is 7.08. The SMILES string of the molecule is O=C(Nc1ccc(F)c(F)c1F)c1cc(NCc2ccco2)ccn1. The highest BCUT2D eigenvalue weighted by Crippen LogP contribution is 2.20. The van der Waals surface area contributed by atoms with Crippen molar-refractivity contribution in [3.8, 4) is 0 Å². The van der Waals surface area contributed by atoms with Crippen LogP contribution < -0.4 is 10.6 Å². The van der Waals surface area contributed by atoms with Crippen molar-refractivity contribution >= 4 is 17.3 Å². The van der Waals surface area contributed by atoms with Gasteiger partial charge in [0, 0.05) is 11.9 Å². The van der Waals surface area contributed by atoms with Gasteiger partial charge >= 0.3 is 0 Å². The van der Waals surface area contributed by atoms with Gasteiger partial charge in [0.25, 0.3) is 5.91 Å². The molecule has 5 nitrogen and oxygen atoms in total. The van der Waals surface area contributed by atoms with Gasteiger partial charge < -0.3 is 15.1 Å². The zero-order chi connectivity index (χ0) is 17.8. The van der Waals surface area contributed by atoms with Crippen LogP contribution in [0, 0.1) is 17.5 Å². The van der Waals surface area contributed by atoms with Crippen LogP contribution in [0.2, 0.25) is 0 Å². The van der Waals surface area contributed by atoms with E-state index in [2.05, 4.69) is 15.6 Å². The average Bonchev–Trinajstić information content (AvgIpc) is 3.14. The lowest BCUT2D eigenvalue weighted by molar-refractivity contribution is 0.102. The Kier molecular flexibility index (Phi) is 4.69. The number of nitrogens with zero attached hydrogens (tertiary/aromatic N) is 1. The summed E-state index contributed by atoms with van der Waals surface area (Å²) in [5, 5.41) is 5.20. The summed E-state index contributed by atoms with van der Waals surface area (Å²) in [7, 11) is 0. The van der Waals surface area contributed by atoms with Crippen LogP contribution in [0.25, 0.3) is 0 Å². The molecule has 3 aromatic rings. The lowest BCUT2D eigenvalue weighted by Crippen LogP contribution is -2.15. The lowest BCUT2D eigenvalue weighted by atomic mass is 10.2. The molecule has 2 N–H and O–H groups in total. The van der Waals surface area contributed by atoms with Crippen LogP contribution in [0.4, 0.5) is 24.5 Å². The molecule has 0 radical (unpaired) electrons. The maximum Gasteiger partial charge on any atom is 0.274 e. The van der Waals surface area contributed by atoms with Gasteiger partial charge in [-0.05, 0) is 36.4 Å². The molecule has 1 amide bonds. The van der Waals surface area contributed by atoms with Gasteiger partial charge in [0.05, 0.1) is 18.5 Å². The van der Waals surface area contributed by atoms with Crippen LogP contribution in [-0.4, -0.2) is 10.9 Å². The van der Waals surface area contributed by atoms with Crippen molar-refractivity contribution in [2.24, 2.45) is 0 Å². The predicted octanol–water partition coefficient (Wildman–Crippen LogP) is 3.96. The van der Waals surface area contributed by atoms with E-state index in [4.69, 9.17) is 4.42 Å². The lowest BCUT2D eigenvalue weighted by Gasteiger charge is -2.09. The Labute approximate surface area is 140 Å². The van der Waals surface area contributed by atoms with E-state index in [0.717, 1.165) is 12.1 Å². The molecule has 128 valence electrons. The molecule has 0 unspecified atom stereocenters. The van der Waals surface area contributed by atoms with E-state index in [1.165, 1.54) is 12.3 Å². The van der Waals surface area contributed by atoms with Crippen molar-refractivity contribution < 1.29 is 22.4 Å². The third-order valence-corrected chi connectivity index (χ3v) is 3.32. The first-order valence-corrected chi connectivity index (χ1v) is 7.22. The van der Waals surface area contributed by atoms with E-state index in [1.807, 2.05) is 0 Å². The molecule has 0 fully saturated rings. The zero-order valence-corrected chi connectivity index (χ0v) is 12.7. The molecule has 0 atom stereocenters. The number of benzene rings is 1. The summed E-state index contributed by atoms with van der Waals surface area (Å²) in [6.07, 6.45) is 2.93. The summed E-state index contributed by atoms with van der Waals surface area (Å²) >= 11 is 0. The van der Waals surface area contributed by atoms with E-state index in [-0.39, 0.29) is 5.69 Å². The summed E-state index contributed by atoms with van der Waals surface area (Å²) in [6.45, 7) is 0.399. The molecule has 8 heteroatoms. The van der Waals surface area contributed by atoms with Gasteiger partial charge in [0.15, 0.2) is 17.5 Å². The molecule has 2 heterocycles. The average molecular weight is 347 g/mol. The maximum atomic E-state index is 13.6. The molecule has 0 aliphatic heterocycles. The third-order valence-electron chi connectivity index (χ3n) is 3.32. The van der Waals surface area contributed by atoms with Gasteiger partial charge in [-0.3, -0.25) is 9.78 Å². The first kappa shape index (κ1) is 16.6. The van der Waals surface area contributed by atoms with Crippen molar-refractivity contribution in [3.63, 3.8) is 0 Å². The van der Waals surface area contributed by atoms with Gasteiger partial charge in [0.2, 0.25) is 0 Å². The molecule has 25 heavy (non-hydrogen) atoms. The largest absolute Gasteiger partial charge is 0.467 e. The van der Waals surface area contributed by atoms with Crippen molar-refractivity contribution in [3.05, 3.63) is 77.8 Å². The van der Waals surface area contributed by atoms with Crippen LogP contribution in [0.5, 0.6) is 0 Å². The van der Waals surface area contributed by atoms with Crippen molar-refractivity contribution in [2.45, 2.75) is 6.54 Å². The summed E-state index contributed by atoms with van der Waals surface area (Å²) in [5.74, 6) is -4.52. The normalized spacial score (nSPS) is 10.5. The second-order valence-corrected chi connectivity index (χ2v) is 5.04. The number of halogens is 3. The minimum absolute atomic E-state index is 0.0198. The number of rotatable bonds is 5. The Morgan fingerprint density at radius 1 is 1.12 bits per heavy atom. The van der Waals surface area contributed by atoms with Gasteiger partial charge in [-0.25, -0.2) is 13.2 Å². The minimum atomic E-state index is -1.65. The van der Waals surface area contributed by atoms with Crippen molar-refractivity contribution in [1.82, 2.24) is 4.98 Å². The molecule has 1 aromatic carbocycles. The van der Waals surface area contributed by atoms with Crippen molar-refractivity contribution in [2.75, 3.05) is 10.6 Å². The van der Waals surface area contributed by atoms with Gasteiger partial charge in [0.1, 0.15) is 11.5 Å². The fourth-order valence-electron chi connectivity index (χ4n) is 2.08. The van der Waals surface area contributed by atoms with E-state index in [1.54, 1.807) is 24.5 Å². The summed E-state index contributed by atoms with van der Waals surface area (Å²) < 4.78 is 44.9. The van der Waals surface area contributed by atoms with Gasteiger partial charge in [-0.2, -0.15) is 0 Å². The van der Waals surface area contributed by atoms with E-state index >= 15 is 0 Å². The Balaban J connectivity index is 1.72. The van der Waals surface area contributed by atoms with Gasteiger partial charge in [-0.15, -0.1) is 0 Å². The molecular weight excluding hydrogens is 335 g/mol. The number of carbonyl (C=O) groups excluding carboxylic acids is 1. The van der Waals surface area contributed by atoms with Gasteiger partial charge in [-0.1, -0.05) is 0 Å². The topological polar surface area (TPSA) is 67.2 Å². The number of amides is 1. The quantitative estimate of drug-likeness (QED) is 0.686. The molecule has 0 spiro atoms. The number of aromatic nitrogens is 1. The first-order valence-electron chi connectivity index (χ1n) is 7.22. The van der Waals surface area contributed by atoms with Crippen LogP contribution >= 0.6 is 0 Å². The van der Waals surface area contributed by atoms with Crippen LogP contribution in [-0.2, 0) is 6.54 Å². The first-order chi connectivity index (χ1) is 12.0. The van der Waals surface area contributed by atoms with E-state index < -0.39 is 29.0 Å². The number of nitrogens with one attached hydrogen (secondary N) is 2. The standard InChI is InChI=1S/C17H12F3N3O2/c18-12-3-4-13(16(20)15(12)19)23-17(24)14-8-10(5-6-21-14)22-9-11-2-1-7-25-11/h1-8H,9H2,(H,21,22)(H,23,24). The summed E-state index contributed by atoms with van der Waals surface area (Å²) in [4.78, 5) is 16.0.